The van der Waals surface area contributed by atoms with Crippen LogP contribution in [-0.4, -0.2) is 11.0 Å². The first-order chi connectivity index (χ1) is 7.54. The lowest BCUT2D eigenvalue weighted by Crippen LogP contribution is -2.05. The van der Waals surface area contributed by atoms with Crippen molar-refractivity contribution in [3.8, 4) is 0 Å². The molecule has 1 aromatic rings. The topological polar surface area (TPSA) is 17.1 Å². The van der Waals surface area contributed by atoms with Gasteiger partial charge in [0.05, 0.1) is 0 Å². The molecule has 1 nitrogen and oxygen atoms in total. The van der Waals surface area contributed by atoms with Crippen molar-refractivity contribution >= 4 is 17.5 Å². The number of ketones is 1. The van der Waals surface area contributed by atoms with Crippen LogP contribution in [0.2, 0.25) is 0 Å². The smallest absolute Gasteiger partial charge is 0.162 e. The van der Waals surface area contributed by atoms with Crippen molar-refractivity contribution in [3.63, 3.8) is 0 Å². The molecule has 0 saturated heterocycles. The van der Waals surface area contributed by atoms with Gasteiger partial charge in [0.15, 0.2) is 5.78 Å². The van der Waals surface area contributed by atoms with Crippen LogP contribution in [0.4, 0.5) is 0 Å². The minimum atomic E-state index is 0.216. The lowest BCUT2D eigenvalue weighted by atomic mass is 10.1. The Labute approximate surface area is 103 Å². The molecule has 0 saturated carbocycles. The van der Waals surface area contributed by atoms with Gasteiger partial charge in [-0.05, 0) is 18.1 Å². The zero-order valence-corrected chi connectivity index (χ0v) is 11.3. The molecule has 0 aliphatic heterocycles. The summed E-state index contributed by atoms with van der Waals surface area (Å²) in [7, 11) is 0. The monoisotopic (exact) mass is 236 g/mol. The number of rotatable bonds is 5. The molecule has 1 atom stereocenters. The van der Waals surface area contributed by atoms with Crippen LogP contribution in [0.15, 0.2) is 29.2 Å². The van der Waals surface area contributed by atoms with E-state index in [0.29, 0.717) is 17.6 Å². The third-order valence-corrected chi connectivity index (χ3v) is 4.22. The number of thioether (sulfide) groups is 1. The Balaban J connectivity index is 2.68. The predicted octanol–water partition coefficient (Wildman–Crippen LogP) is 4.42. The van der Waals surface area contributed by atoms with E-state index in [-0.39, 0.29) is 5.78 Å². The molecule has 0 radical (unpaired) electrons. The maximum Gasteiger partial charge on any atom is 0.162 e. The van der Waals surface area contributed by atoms with E-state index in [0.717, 1.165) is 5.56 Å². The lowest BCUT2D eigenvalue weighted by molar-refractivity contribution is 0.0988. The number of carbonyl (C=O) groups excluding carboxylic acids is 1. The quantitative estimate of drug-likeness (QED) is 0.556. The SMILES string of the molecule is CCC(=O)c1ccc(SC(C)C(C)C)cc1. The Hall–Kier alpha value is -0.760. The fourth-order valence-corrected chi connectivity index (χ4v) is 2.27. The average molecular weight is 236 g/mol. The minimum absolute atomic E-state index is 0.216. The van der Waals surface area contributed by atoms with Gasteiger partial charge in [0, 0.05) is 22.1 Å². The maximum atomic E-state index is 11.4. The van der Waals surface area contributed by atoms with Gasteiger partial charge in [-0.25, -0.2) is 0 Å². The molecule has 0 heterocycles. The van der Waals surface area contributed by atoms with E-state index in [4.69, 9.17) is 0 Å². The summed E-state index contributed by atoms with van der Waals surface area (Å²) >= 11 is 1.87. The second kappa shape index (κ2) is 6.09. The normalized spacial score (nSPS) is 12.8. The second-order valence-corrected chi connectivity index (χ2v) is 5.82. The first-order valence-corrected chi connectivity index (χ1v) is 6.72. The van der Waals surface area contributed by atoms with Gasteiger partial charge in [0.2, 0.25) is 0 Å². The van der Waals surface area contributed by atoms with Gasteiger partial charge in [-0.3, -0.25) is 4.79 Å². The van der Waals surface area contributed by atoms with Crippen molar-refractivity contribution in [2.24, 2.45) is 5.92 Å². The zero-order valence-electron chi connectivity index (χ0n) is 10.5. The van der Waals surface area contributed by atoms with Gasteiger partial charge in [-0.1, -0.05) is 39.8 Å². The first-order valence-electron chi connectivity index (χ1n) is 5.84. The van der Waals surface area contributed by atoms with Crippen molar-refractivity contribution in [2.45, 2.75) is 44.3 Å². The molecule has 0 N–H and O–H groups in total. The van der Waals surface area contributed by atoms with E-state index < -0.39 is 0 Å². The number of carbonyl (C=O) groups is 1. The van der Waals surface area contributed by atoms with Gasteiger partial charge in [-0.15, -0.1) is 11.8 Å². The van der Waals surface area contributed by atoms with Crippen LogP contribution in [0.1, 0.15) is 44.5 Å². The third kappa shape index (κ3) is 3.67. The summed E-state index contributed by atoms with van der Waals surface area (Å²) in [5.74, 6) is 0.885. The highest BCUT2D eigenvalue weighted by atomic mass is 32.2. The number of Topliss-reactive ketones (excluding diaryl/α,β-unsaturated/α-hetero) is 1. The maximum absolute atomic E-state index is 11.4. The van der Waals surface area contributed by atoms with Gasteiger partial charge in [0.25, 0.3) is 0 Å². The second-order valence-electron chi connectivity index (χ2n) is 4.37. The molecule has 0 aliphatic rings. The third-order valence-electron chi connectivity index (χ3n) is 2.76. The zero-order chi connectivity index (χ0) is 12.1. The number of hydrogen-bond acceptors (Lipinski definition) is 2. The summed E-state index contributed by atoms with van der Waals surface area (Å²) < 4.78 is 0. The summed E-state index contributed by atoms with van der Waals surface area (Å²) in [6, 6.07) is 7.96. The number of benzene rings is 1. The molecular formula is C14H20OS. The summed E-state index contributed by atoms with van der Waals surface area (Å²) in [6.07, 6.45) is 0.578. The fourth-order valence-electron chi connectivity index (χ4n) is 1.27. The molecule has 88 valence electrons. The molecule has 0 aliphatic carbocycles. The molecule has 1 rings (SSSR count). The molecular weight excluding hydrogens is 216 g/mol. The molecule has 1 aromatic carbocycles. The molecule has 16 heavy (non-hydrogen) atoms. The Morgan fingerprint density at radius 1 is 1.19 bits per heavy atom. The molecule has 1 unspecified atom stereocenters. The van der Waals surface area contributed by atoms with Crippen LogP contribution >= 0.6 is 11.8 Å². The lowest BCUT2D eigenvalue weighted by Gasteiger charge is -2.14. The highest BCUT2D eigenvalue weighted by Crippen LogP contribution is 2.27. The molecule has 0 aromatic heterocycles. The Morgan fingerprint density at radius 2 is 1.75 bits per heavy atom. The highest BCUT2D eigenvalue weighted by Gasteiger charge is 2.09. The minimum Gasteiger partial charge on any atom is -0.294 e. The molecule has 0 fully saturated rings. The van der Waals surface area contributed by atoms with Crippen molar-refractivity contribution in [1.82, 2.24) is 0 Å². The molecule has 0 spiro atoms. The summed E-state index contributed by atoms with van der Waals surface area (Å²) in [5, 5.41) is 0.604. The fraction of sp³-hybridized carbons (Fsp3) is 0.500. The summed E-state index contributed by atoms with van der Waals surface area (Å²) in [5.41, 5.74) is 0.823. The van der Waals surface area contributed by atoms with Crippen molar-refractivity contribution in [3.05, 3.63) is 29.8 Å². The van der Waals surface area contributed by atoms with E-state index in [2.05, 4.69) is 20.8 Å². The van der Waals surface area contributed by atoms with Gasteiger partial charge < -0.3 is 0 Å². The van der Waals surface area contributed by atoms with Crippen LogP contribution in [0.5, 0.6) is 0 Å². The van der Waals surface area contributed by atoms with E-state index in [1.165, 1.54) is 4.90 Å². The Kier molecular flexibility index (Phi) is 5.07. The Bertz CT molecular complexity index is 340. The van der Waals surface area contributed by atoms with E-state index in [1.807, 2.05) is 43.0 Å². The van der Waals surface area contributed by atoms with Gasteiger partial charge in [-0.2, -0.15) is 0 Å². The van der Waals surface area contributed by atoms with Crippen LogP contribution < -0.4 is 0 Å². The van der Waals surface area contributed by atoms with Crippen molar-refractivity contribution in [2.75, 3.05) is 0 Å². The van der Waals surface area contributed by atoms with Crippen LogP contribution in [0.25, 0.3) is 0 Å². The largest absolute Gasteiger partial charge is 0.294 e. The predicted molar refractivity (Wildman–Crippen MR) is 71.2 cm³/mol. The van der Waals surface area contributed by atoms with E-state index in [1.54, 1.807) is 0 Å². The molecule has 0 bridgehead atoms. The Morgan fingerprint density at radius 3 is 2.19 bits per heavy atom. The first kappa shape index (κ1) is 13.3. The highest BCUT2D eigenvalue weighted by molar-refractivity contribution is 8.00. The molecule has 2 heteroatoms. The van der Waals surface area contributed by atoms with Crippen molar-refractivity contribution in [1.29, 1.82) is 0 Å². The average Bonchev–Trinajstić information content (AvgIpc) is 2.28. The number of hydrogen-bond donors (Lipinski definition) is 0. The van der Waals surface area contributed by atoms with Crippen molar-refractivity contribution < 1.29 is 4.79 Å². The summed E-state index contributed by atoms with van der Waals surface area (Å²) in [6.45, 7) is 8.59. The standard InChI is InChI=1S/C14H20OS/c1-5-14(15)12-6-8-13(9-7-12)16-11(4)10(2)3/h6-11H,5H2,1-4H3. The van der Waals surface area contributed by atoms with E-state index >= 15 is 0 Å². The molecule has 0 amide bonds. The van der Waals surface area contributed by atoms with Crippen LogP contribution in [-0.2, 0) is 0 Å². The van der Waals surface area contributed by atoms with Crippen LogP contribution in [0.3, 0.4) is 0 Å². The van der Waals surface area contributed by atoms with Gasteiger partial charge >= 0.3 is 0 Å². The van der Waals surface area contributed by atoms with E-state index in [9.17, 15) is 4.79 Å². The van der Waals surface area contributed by atoms with Crippen LogP contribution in [0, 0.1) is 5.92 Å². The van der Waals surface area contributed by atoms with Gasteiger partial charge in [0.1, 0.15) is 0 Å². The summed E-state index contributed by atoms with van der Waals surface area (Å²) in [4.78, 5) is 12.7.